The van der Waals surface area contributed by atoms with E-state index in [0.717, 1.165) is 5.56 Å². The van der Waals surface area contributed by atoms with Crippen LogP contribution in [0.5, 0.6) is 11.5 Å². The average Bonchev–Trinajstić information content (AvgIpc) is 2.57. The van der Waals surface area contributed by atoms with E-state index in [0.29, 0.717) is 25.1 Å². The predicted molar refractivity (Wildman–Crippen MR) is 87.5 cm³/mol. The molecule has 122 valence electrons. The fraction of sp³-hybridized carbons (Fsp3) is 0.333. The summed E-state index contributed by atoms with van der Waals surface area (Å²) in [4.78, 5) is 22.9. The van der Waals surface area contributed by atoms with E-state index in [-0.39, 0.29) is 17.4 Å². The van der Waals surface area contributed by atoms with E-state index in [1.807, 2.05) is 12.2 Å². The minimum atomic E-state index is -0.518. The summed E-state index contributed by atoms with van der Waals surface area (Å²) in [5, 5.41) is 12.6. The molecule has 23 heavy (non-hydrogen) atoms. The maximum Gasteiger partial charge on any atom is 0.219 e. The summed E-state index contributed by atoms with van der Waals surface area (Å²) in [7, 11) is 1.49. The average molecular weight is 315 g/mol. The molecule has 2 N–H and O–H groups in total. The van der Waals surface area contributed by atoms with Gasteiger partial charge >= 0.3 is 0 Å². The SMILES string of the molecule is CCC(=O)NCCC1(c2ccc(O)c(OC)c2)C=CC(=O)C=C1. The lowest BCUT2D eigenvalue weighted by atomic mass is 9.74. The first-order valence-electron chi connectivity index (χ1n) is 7.57. The number of benzene rings is 1. The fourth-order valence-corrected chi connectivity index (χ4v) is 2.58. The number of ether oxygens (including phenoxy) is 1. The van der Waals surface area contributed by atoms with Crippen molar-refractivity contribution in [2.24, 2.45) is 0 Å². The van der Waals surface area contributed by atoms with Crippen molar-refractivity contribution in [1.82, 2.24) is 5.32 Å². The van der Waals surface area contributed by atoms with Gasteiger partial charge in [0.05, 0.1) is 7.11 Å². The Labute approximate surface area is 135 Å². The molecule has 1 aromatic carbocycles. The molecule has 1 aliphatic rings. The van der Waals surface area contributed by atoms with Crippen LogP contribution in [-0.2, 0) is 15.0 Å². The van der Waals surface area contributed by atoms with Gasteiger partial charge in [0.25, 0.3) is 0 Å². The van der Waals surface area contributed by atoms with Gasteiger partial charge in [0.15, 0.2) is 17.3 Å². The molecule has 0 bridgehead atoms. The Balaban J connectivity index is 2.31. The summed E-state index contributed by atoms with van der Waals surface area (Å²) in [5.74, 6) is 0.357. The molecule has 1 amide bonds. The predicted octanol–water partition coefficient (Wildman–Crippen LogP) is 2.25. The first-order valence-corrected chi connectivity index (χ1v) is 7.57. The second-order valence-corrected chi connectivity index (χ2v) is 5.45. The zero-order valence-corrected chi connectivity index (χ0v) is 13.3. The van der Waals surface area contributed by atoms with Crippen LogP contribution < -0.4 is 10.1 Å². The summed E-state index contributed by atoms with van der Waals surface area (Å²) in [6.45, 7) is 2.29. The number of methoxy groups -OCH3 is 1. The van der Waals surface area contributed by atoms with Crippen molar-refractivity contribution in [3.8, 4) is 11.5 Å². The number of ketones is 1. The second kappa shape index (κ2) is 7.13. The molecule has 0 saturated heterocycles. The number of hydrogen-bond donors (Lipinski definition) is 2. The standard InChI is InChI=1S/C18H21NO4/c1-3-17(22)19-11-10-18(8-6-14(20)7-9-18)13-4-5-15(21)16(12-13)23-2/h4-9,12,21H,3,10-11H2,1-2H3,(H,19,22). The monoisotopic (exact) mass is 315 g/mol. The minimum absolute atomic E-state index is 0.0109. The summed E-state index contributed by atoms with van der Waals surface area (Å²) in [6.07, 6.45) is 7.76. The molecule has 0 aliphatic heterocycles. The van der Waals surface area contributed by atoms with Crippen molar-refractivity contribution in [1.29, 1.82) is 0 Å². The number of hydrogen-bond acceptors (Lipinski definition) is 4. The lowest BCUT2D eigenvalue weighted by molar-refractivity contribution is -0.120. The molecule has 0 fully saturated rings. The topological polar surface area (TPSA) is 75.6 Å². The maximum atomic E-state index is 11.5. The Morgan fingerprint density at radius 3 is 2.61 bits per heavy atom. The van der Waals surface area contributed by atoms with Gasteiger partial charge in [-0.2, -0.15) is 0 Å². The highest BCUT2D eigenvalue weighted by Gasteiger charge is 2.29. The quantitative estimate of drug-likeness (QED) is 0.844. The molecule has 0 radical (unpaired) electrons. The molecule has 0 saturated carbocycles. The van der Waals surface area contributed by atoms with Crippen LogP contribution in [-0.4, -0.2) is 30.5 Å². The third kappa shape index (κ3) is 3.80. The lowest BCUT2D eigenvalue weighted by Crippen LogP contribution is -2.32. The summed E-state index contributed by atoms with van der Waals surface area (Å²) >= 11 is 0. The van der Waals surface area contributed by atoms with Crippen LogP contribution in [0.3, 0.4) is 0 Å². The van der Waals surface area contributed by atoms with Crippen molar-refractivity contribution in [2.75, 3.05) is 13.7 Å². The highest BCUT2D eigenvalue weighted by molar-refractivity contribution is 6.00. The number of phenols is 1. The van der Waals surface area contributed by atoms with Crippen LogP contribution in [0.2, 0.25) is 0 Å². The third-order valence-electron chi connectivity index (χ3n) is 3.99. The second-order valence-electron chi connectivity index (χ2n) is 5.45. The molecule has 2 rings (SSSR count). The molecule has 1 aliphatic carbocycles. The van der Waals surface area contributed by atoms with Gasteiger partial charge in [-0.1, -0.05) is 25.1 Å². The number of nitrogens with one attached hydrogen (secondary N) is 1. The van der Waals surface area contributed by atoms with Gasteiger partial charge in [-0.15, -0.1) is 0 Å². The van der Waals surface area contributed by atoms with E-state index in [4.69, 9.17) is 4.74 Å². The van der Waals surface area contributed by atoms with Crippen LogP contribution in [0, 0.1) is 0 Å². The van der Waals surface area contributed by atoms with E-state index in [1.54, 1.807) is 25.1 Å². The van der Waals surface area contributed by atoms with Crippen LogP contribution in [0.1, 0.15) is 25.3 Å². The zero-order valence-electron chi connectivity index (χ0n) is 13.3. The number of rotatable bonds is 6. The van der Waals surface area contributed by atoms with Gasteiger partial charge < -0.3 is 15.2 Å². The zero-order chi connectivity index (χ0) is 16.9. The van der Waals surface area contributed by atoms with E-state index in [1.165, 1.54) is 19.3 Å². The number of allylic oxidation sites excluding steroid dienone is 4. The molecule has 0 atom stereocenters. The van der Waals surface area contributed by atoms with Gasteiger partial charge in [0, 0.05) is 18.4 Å². The molecule has 5 nitrogen and oxygen atoms in total. The van der Waals surface area contributed by atoms with Crippen molar-refractivity contribution < 1.29 is 19.4 Å². The molecule has 0 spiro atoms. The number of aromatic hydroxyl groups is 1. The van der Waals surface area contributed by atoms with Gasteiger partial charge in [-0.3, -0.25) is 9.59 Å². The smallest absolute Gasteiger partial charge is 0.219 e. The van der Waals surface area contributed by atoms with Crippen LogP contribution >= 0.6 is 0 Å². The Kier molecular flexibility index (Phi) is 5.21. The number of carbonyl (C=O) groups is 2. The maximum absolute atomic E-state index is 11.5. The van der Waals surface area contributed by atoms with E-state index < -0.39 is 5.41 Å². The van der Waals surface area contributed by atoms with Crippen LogP contribution in [0.4, 0.5) is 0 Å². The molecule has 0 aromatic heterocycles. The molecular formula is C18H21NO4. The van der Waals surface area contributed by atoms with Gasteiger partial charge in [0.1, 0.15) is 0 Å². The van der Waals surface area contributed by atoms with Crippen LogP contribution in [0.15, 0.2) is 42.5 Å². The first-order chi connectivity index (χ1) is 11.0. The Bertz CT molecular complexity index is 645. The highest BCUT2D eigenvalue weighted by Crippen LogP contribution is 2.37. The number of phenolic OH excluding ortho intramolecular Hbond substituents is 1. The van der Waals surface area contributed by atoms with E-state index >= 15 is 0 Å². The molecule has 0 heterocycles. The van der Waals surface area contributed by atoms with Gasteiger partial charge in [0.2, 0.25) is 5.91 Å². The highest BCUT2D eigenvalue weighted by atomic mass is 16.5. The third-order valence-corrected chi connectivity index (χ3v) is 3.99. The summed E-state index contributed by atoms with van der Waals surface area (Å²) < 4.78 is 5.17. The van der Waals surface area contributed by atoms with Crippen molar-refractivity contribution in [3.05, 3.63) is 48.1 Å². The van der Waals surface area contributed by atoms with E-state index in [2.05, 4.69) is 5.32 Å². The molecular weight excluding hydrogens is 294 g/mol. The normalized spacial score (nSPS) is 15.5. The van der Waals surface area contributed by atoms with Crippen molar-refractivity contribution >= 4 is 11.7 Å². The Hall–Kier alpha value is -2.56. The van der Waals surface area contributed by atoms with Crippen molar-refractivity contribution in [2.45, 2.75) is 25.2 Å². The molecule has 1 aromatic rings. The largest absolute Gasteiger partial charge is 0.504 e. The first kappa shape index (κ1) is 16.8. The molecule has 0 unspecified atom stereocenters. The Morgan fingerprint density at radius 2 is 2.00 bits per heavy atom. The number of carbonyl (C=O) groups excluding carboxylic acids is 2. The summed E-state index contributed by atoms with van der Waals surface area (Å²) in [5.41, 5.74) is 0.369. The van der Waals surface area contributed by atoms with Gasteiger partial charge in [-0.25, -0.2) is 0 Å². The van der Waals surface area contributed by atoms with E-state index in [9.17, 15) is 14.7 Å². The summed E-state index contributed by atoms with van der Waals surface area (Å²) in [6, 6.07) is 5.12. The van der Waals surface area contributed by atoms with Crippen LogP contribution in [0.25, 0.3) is 0 Å². The Morgan fingerprint density at radius 1 is 1.30 bits per heavy atom. The van der Waals surface area contributed by atoms with Crippen molar-refractivity contribution in [3.63, 3.8) is 0 Å². The minimum Gasteiger partial charge on any atom is -0.504 e. The lowest BCUT2D eigenvalue weighted by Gasteiger charge is -2.30. The molecule has 5 heteroatoms. The number of amides is 1. The fourth-order valence-electron chi connectivity index (χ4n) is 2.58. The van der Waals surface area contributed by atoms with Gasteiger partial charge in [-0.05, 0) is 36.3 Å².